The van der Waals surface area contributed by atoms with Crippen LogP contribution in [-0.4, -0.2) is 21.3 Å². The second kappa shape index (κ2) is 9.60. The van der Waals surface area contributed by atoms with Crippen molar-refractivity contribution in [1.82, 2.24) is 20.3 Å². The van der Waals surface area contributed by atoms with Crippen molar-refractivity contribution < 1.29 is 0 Å². The number of benzene rings is 3. The molecule has 0 spiro atoms. The van der Waals surface area contributed by atoms with Crippen LogP contribution in [0.15, 0.2) is 106 Å². The summed E-state index contributed by atoms with van der Waals surface area (Å²) in [5.74, 6) is 0. The smallest absolute Gasteiger partial charge is 0.165 e. The second-order valence-electron chi connectivity index (χ2n) is 8.30. The third-order valence-corrected chi connectivity index (χ3v) is 7.36. The number of thioether (sulfide) groups is 1. The van der Waals surface area contributed by atoms with Crippen LogP contribution in [0, 0.1) is 0 Å². The molecule has 35 heavy (non-hydrogen) atoms. The predicted octanol–water partition coefficient (Wildman–Crippen LogP) is 6.54. The molecule has 3 aromatic carbocycles. The van der Waals surface area contributed by atoms with E-state index in [4.69, 9.17) is 0 Å². The number of pyridine rings is 1. The maximum absolute atomic E-state index is 4.69. The highest BCUT2D eigenvalue weighted by Crippen LogP contribution is 2.30. The van der Waals surface area contributed by atoms with Crippen LogP contribution < -0.4 is 10.7 Å². The van der Waals surface area contributed by atoms with Gasteiger partial charge in [0, 0.05) is 27.3 Å². The van der Waals surface area contributed by atoms with E-state index in [1.807, 2.05) is 24.4 Å². The Kier molecular flexibility index (Phi) is 6.02. The van der Waals surface area contributed by atoms with Crippen LogP contribution in [0.25, 0.3) is 27.5 Å². The Morgan fingerprint density at radius 2 is 1.83 bits per heavy atom. The second-order valence-corrected chi connectivity index (χ2v) is 10.2. The van der Waals surface area contributed by atoms with E-state index < -0.39 is 0 Å². The fraction of sp³-hybridized carbons (Fsp3) is 0.0714. The van der Waals surface area contributed by atoms with Crippen molar-refractivity contribution in [3.63, 3.8) is 0 Å². The number of rotatable bonds is 6. The fourth-order valence-corrected chi connectivity index (χ4v) is 5.55. The predicted molar refractivity (Wildman–Crippen MR) is 150 cm³/mol. The van der Waals surface area contributed by atoms with Gasteiger partial charge in [-0.25, -0.2) is 0 Å². The average Bonchev–Trinajstić information content (AvgIpc) is 3.48. The molecule has 1 aliphatic rings. The summed E-state index contributed by atoms with van der Waals surface area (Å²) < 4.78 is 3.39. The molecule has 0 aliphatic carbocycles. The highest BCUT2D eigenvalue weighted by atomic mass is 79.9. The van der Waals surface area contributed by atoms with Crippen molar-refractivity contribution in [2.24, 2.45) is 5.10 Å². The maximum Gasteiger partial charge on any atom is 0.165 e. The van der Waals surface area contributed by atoms with Gasteiger partial charge >= 0.3 is 0 Å². The Morgan fingerprint density at radius 1 is 0.971 bits per heavy atom. The van der Waals surface area contributed by atoms with Crippen LogP contribution in [0.4, 0.5) is 0 Å². The van der Waals surface area contributed by atoms with Gasteiger partial charge in [-0.3, -0.25) is 10.4 Å². The maximum atomic E-state index is 4.69. The Morgan fingerprint density at radius 3 is 2.71 bits per heavy atom. The molecule has 3 heterocycles. The molecular weight excluding hydrogens is 518 g/mol. The Bertz CT molecular complexity index is 1570. The van der Waals surface area contributed by atoms with Crippen LogP contribution >= 0.6 is 27.7 Å². The number of nitrogens with one attached hydrogen (secondary N) is 2. The number of halogens is 1. The summed E-state index contributed by atoms with van der Waals surface area (Å²) in [5.41, 5.74) is 9.78. The van der Waals surface area contributed by atoms with E-state index in [1.54, 1.807) is 18.0 Å². The molecule has 2 N–H and O–H groups in total. The summed E-state index contributed by atoms with van der Waals surface area (Å²) in [6.07, 6.45) is 3.73. The Labute approximate surface area is 216 Å². The van der Waals surface area contributed by atoms with Gasteiger partial charge in [-0.05, 0) is 40.8 Å². The first-order valence-electron chi connectivity index (χ1n) is 11.3. The number of hydrogen-bond acceptors (Lipinski definition) is 5. The SMILES string of the molecule is Brc1cccc(C2=CSC(NN=Cc3cc4c5ccccc5n(Cc5ccccc5)c4cn3)N2)c1. The first-order valence-corrected chi connectivity index (χ1v) is 13.1. The fourth-order valence-electron chi connectivity index (χ4n) is 4.36. The number of fused-ring (bicyclic) bond motifs is 3. The first-order chi connectivity index (χ1) is 17.2. The lowest BCUT2D eigenvalue weighted by molar-refractivity contribution is 0.657. The van der Waals surface area contributed by atoms with E-state index >= 15 is 0 Å². The normalized spacial score (nSPS) is 15.6. The molecule has 0 amide bonds. The molecule has 2 aromatic heterocycles. The minimum atomic E-state index is -0.0308. The molecule has 172 valence electrons. The van der Waals surface area contributed by atoms with Gasteiger partial charge < -0.3 is 9.88 Å². The van der Waals surface area contributed by atoms with Crippen LogP contribution in [0.1, 0.15) is 16.8 Å². The van der Waals surface area contributed by atoms with Gasteiger partial charge in [0.2, 0.25) is 0 Å². The topological polar surface area (TPSA) is 54.2 Å². The van der Waals surface area contributed by atoms with E-state index in [0.717, 1.165) is 33.5 Å². The van der Waals surface area contributed by atoms with Gasteiger partial charge in [0.15, 0.2) is 5.50 Å². The van der Waals surface area contributed by atoms with Crippen molar-refractivity contribution in [2.45, 2.75) is 12.0 Å². The van der Waals surface area contributed by atoms with Crippen LogP contribution in [-0.2, 0) is 6.54 Å². The number of aromatic nitrogens is 2. The molecule has 5 aromatic rings. The van der Waals surface area contributed by atoms with E-state index in [1.165, 1.54) is 21.9 Å². The van der Waals surface area contributed by atoms with Crippen molar-refractivity contribution in [3.8, 4) is 0 Å². The van der Waals surface area contributed by atoms with Gasteiger partial charge in [-0.1, -0.05) is 88.4 Å². The first kappa shape index (κ1) is 21.9. The molecule has 0 saturated carbocycles. The van der Waals surface area contributed by atoms with E-state index in [9.17, 15) is 0 Å². The summed E-state index contributed by atoms with van der Waals surface area (Å²) >= 11 is 5.19. The minimum Gasteiger partial charge on any atom is -0.355 e. The largest absolute Gasteiger partial charge is 0.355 e. The minimum absolute atomic E-state index is 0.0308. The van der Waals surface area contributed by atoms with E-state index in [-0.39, 0.29) is 5.50 Å². The molecular formula is C28H22BrN5S. The van der Waals surface area contributed by atoms with Gasteiger partial charge in [0.1, 0.15) is 0 Å². The monoisotopic (exact) mass is 539 g/mol. The van der Waals surface area contributed by atoms with Crippen LogP contribution in [0.5, 0.6) is 0 Å². The lowest BCUT2D eigenvalue weighted by Gasteiger charge is -2.12. The summed E-state index contributed by atoms with van der Waals surface area (Å²) in [7, 11) is 0. The molecule has 5 nitrogen and oxygen atoms in total. The number of hydrogen-bond donors (Lipinski definition) is 2. The lowest BCUT2D eigenvalue weighted by Crippen LogP contribution is -2.31. The average molecular weight is 540 g/mol. The molecule has 1 aliphatic heterocycles. The van der Waals surface area contributed by atoms with Gasteiger partial charge in [0.25, 0.3) is 0 Å². The van der Waals surface area contributed by atoms with E-state index in [0.29, 0.717) is 0 Å². The summed E-state index contributed by atoms with van der Waals surface area (Å²) in [5, 5.41) is 12.4. The standard InChI is InChI=1S/C28H22BrN5S/c29-21-10-6-9-20(13-21)25-18-35-28(32-25)33-31-15-22-14-24-23-11-4-5-12-26(23)34(27(24)16-30-22)17-19-7-2-1-3-8-19/h1-16,18,28,32-33H,17H2. The molecule has 1 atom stereocenters. The molecule has 6 rings (SSSR count). The van der Waals surface area contributed by atoms with Crippen molar-refractivity contribution in [2.75, 3.05) is 0 Å². The number of para-hydroxylation sites is 1. The number of nitrogens with zero attached hydrogens (tertiary/aromatic N) is 3. The molecule has 1 unspecified atom stereocenters. The van der Waals surface area contributed by atoms with Crippen LogP contribution in [0.2, 0.25) is 0 Å². The zero-order valence-electron chi connectivity index (χ0n) is 18.7. The quantitative estimate of drug-likeness (QED) is 0.190. The zero-order chi connectivity index (χ0) is 23.6. The molecule has 7 heteroatoms. The van der Waals surface area contributed by atoms with E-state index in [2.05, 4.69) is 113 Å². The van der Waals surface area contributed by atoms with Gasteiger partial charge in [-0.15, -0.1) is 0 Å². The molecule has 0 saturated heterocycles. The van der Waals surface area contributed by atoms with Gasteiger partial charge in [0.05, 0.1) is 29.3 Å². The third kappa shape index (κ3) is 4.57. The summed E-state index contributed by atoms with van der Waals surface area (Å²) in [6.45, 7) is 0.805. The van der Waals surface area contributed by atoms with Gasteiger partial charge in [-0.2, -0.15) is 5.10 Å². The van der Waals surface area contributed by atoms with Crippen molar-refractivity contribution in [1.29, 1.82) is 0 Å². The molecule has 0 radical (unpaired) electrons. The lowest BCUT2D eigenvalue weighted by atomic mass is 10.2. The van der Waals surface area contributed by atoms with Crippen molar-refractivity contribution >= 4 is 61.4 Å². The summed E-state index contributed by atoms with van der Waals surface area (Å²) in [4.78, 5) is 4.69. The highest BCUT2D eigenvalue weighted by Gasteiger charge is 2.17. The number of hydrazone groups is 1. The Balaban J connectivity index is 1.21. The van der Waals surface area contributed by atoms with Crippen LogP contribution in [0.3, 0.4) is 0 Å². The summed E-state index contributed by atoms with van der Waals surface area (Å²) in [6, 6.07) is 29.4. The third-order valence-electron chi connectivity index (χ3n) is 6.00. The molecule has 0 fully saturated rings. The highest BCUT2D eigenvalue weighted by molar-refractivity contribution is 9.10. The van der Waals surface area contributed by atoms with Crippen molar-refractivity contribution in [3.05, 3.63) is 118 Å². The zero-order valence-corrected chi connectivity index (χ0v) is 21.1. The molecule has 0 bridgehead atoms. The Hall–Kier alpha value is -3.55.